The van der Waals surface area contributed by atoms with Crippen LogP contribution in [-0.4, -0.2) is 24.0 Å². The van der Waals surface area contributed by atoms with Crippen molar-refractivity contribution >= 4 is 22.5 Å². The van der Waals surface area contributed by atoms with Gasteiger partial charge in [-0.2, -0.15) is 0 Å². The lowest BCUT2D eigenvalue weighted by Crippen LogP contribution is -2.30. The molecule has 1 aromatic heterocycles. The van der Waals surface area contributed by atoms with Crippen molar-refractivity contribution in [3.8, 4) is 0 Å². The quantitative estimate of drug-likeness (QED) is 0.910. The van der Waals surface area contributed by atoms with Crippen LogP contribution in [0.3, 0.4) is 0 Å². The molecule has 0 radical (unpaired) electrons. The summed E-state index contributed by atoms with van der Waals surface area (Å²) in [5, 5.41) is 7.42. The Labute approximate surface area is 125 Å². The van der Waals surface area contributed by atoms with E-state index in [0.29, 0.717) is 12.3 Å². The minimum absolute atomic E-state index is 0.0951. The third kappa shape index (κ3) is 3.39. The first-order valence-electron chi connectivity index (χ1n) is 7.59. The second kappa shape index (κ2) is 6.22. The number of fused-ring (bicyclic) bond motifs is 1. The first-order valence-corrected chi connectivity index (χ1v) is 7.59. The lowest BCUT2D eigenvalue weighted by molar-refractivity contribution is -0.117. The van der Waals surface area contributed by atoms with Crippen LogP contribution in [0, 0.1) is 12.8 Å². The van der Waals surface area contributed by atoms with Crippen molar-refractivity contribution < 1.29 is 4.79 Å². The van der Waals surface area contributed by atoms with Gasteiger partial charge in [0, 0.05) is 17.5 Å². The maximum atomic E-state index is 12.2. The number of piperidine rings is 1. The van der Waals surface area contributed by atoms with Crippen LogP contribution in [0.1, 0.15) is 25.0 Å². The van der Waals surface area contributed by atoms with Gasteiger partial charge in [0.15, 0.2) is 0 Å². The Morgan fingerprint density at radius 2 is 2.10 bits per heavy atom. The highest BCUT2D eigenvalue weighted by molar-refractivity contribution is 6.00. The van der Waals surface area contributed by atoms with E-state index >= 15 is 0 Å². The van der Waals surface area contributed by atoms with Gasteiger partial charge in [-0.25, -0.2) is 0 Å². The van der Waals surface area contributed by atoms with Crippen LogP contribution in [0.15, 0.2) is 30.3 Å². The zero-order valence-corrected chi connectivity index (χ0v) is 12.4. The van der Waals surface area contributed by atoms with Gasteiger partial charge in [0.25, 0.3) is 0 Å². The summed E-state index contributed by atoms with van der Waals surface area (Å²) in [6, 6.07) is 9.93. The molecule has 0 atom stereocenters. The van der Waals surface area contributed by atoms with Crippen LogP contribution < -0.4 is 10.6 Å². The predicted octanol–water partition coefficient (Wildman–Crippen LogP) is 2.87. The number of benzene rings is 1. The molecule has 2 heterocycles. The fourth-order valence-electron chi connectivity index (χ4n) is 2.89. The predicted molar refractivity (Wildman–Crippen MR) is 85.3 cm³/mol. The summed E-state index contributed by atoms with van der Waals surface area (Å²) in [6.07, 6.45) is 2.77. The molecule has 1 fully saturated rings. The Bertz CT molecular complexity index is 648. The highest BCUT2D eigenvalue weighted by Crippen LogP contribution is 2.23. The first kappa shape index (κ1) is 14.0. The minimum Gasteiger partial charge on any atom is -0.324 e. The van der Waals surface area contributed by atoms with Crippen LogP contribution in [0.2, 0.25) is 0 Å². The summed E-state index contributed by atoms with van der Waals surface area (Å²) in [5.41, 5.74) is 2.65. The van der Waals surface area contributed by atoms with Crippen LogP contribution in [0.4, 0.5) is 5.69 Å². The second-order valence-electron chi connectivity index (χ2n) is 5.78. The number of pyridine rings is 1. The molecular formula is C17H21N3O. The molecule has 1 aliphatic heterocycles. The number of anilines is 1. The molecular weight excluding hydrogens is 262 g/mol. The van der Waals surface area contributed by atoms with E-state index in [0.717, 1.165) is 48.2 Å². The Kier molecular flexibility index (Phi) is 4.15. The van der Waals surface area contributed by atoms with Crippen LogP contribution >= 0.6 is 0 Å². The topological polar surface area (TPSA) is 54.0 Å². The van der Waals surface area contributed by atoms with Gasteiger partial charge in [0.05, 0.1) is 11.2 Å². The molecule has 0 saturated carbocycles. The molecule has 1 aromatic carbocycles. The SMILES string of the molecule is Cc1ccc2cccc(NC(=O)CC3CCNCC3)c2n1. The van der Waals surface area contributed by atoms with Crippen LogP contribution in [0.25, 0.3) is 10.9 Å². The fourth-order valence-corrected chi connectivity index (χ4v) is 2.89. The Morgan fingerprint density at radius 1 is 1.29 bits per heavy atom. The number of nitrogens with one attached hydrogen (secondary N) is 2. The molecule has 0 bridgehead atoms. The number of aryl methyl sites for hydroxylation is 1. The van der Waals surface area contributed by atoms with Crippen molar-refractivity contribution in [3.63, 3.8) is 0 Å². The molecule has 1 aliphatic rings. The van der Waals surface area contributed by atoms with E-state index < -0.39 is 0 Å². The summed E-state index contributed by atoms with van der Waals surface area (Å²) in [4.78, 5) is 16.8. The van der Waals surface area contributed by atoms with Crippen molar-refractivity contribution in [2.45, 2.75) is 26.2 Å². The van der Waals surface area contributed by atoms with Gasteiger partial charge in [-0.15, -0.1) is 0 Å². The third-order valence-electron chi connectivity index (χ3n) is 4.07. The summed E-state index contributed by atoms with van der Waals surface area (Å²) >= 11 is 0. The highest BCUT2D eigenvalue weighted by Gasteiger charge is 2.17. The van der Waals surface area contributed by atoms with Crippen LogP contribution in [-0.2, 0) is 4.79 Å². The van der Waals surface area contributed by atoms with Crippen molar-refractivity contribution in [3.05, 3.63) is 36.0 Å². The number of carbonyl (C=O) groups is 1. The molecule has 0 unspecified atom stereocenters. The molecule has 110 valence electrons. The Balaban J connectivity index is 1.74. The Morgan fingerprint density at radius 3 is 2.90 bits per heavy atom. The maximum Gasteiger partial charge on any atom is 0.224 e. The van der Waals surface area contributed by atoms with Gasteiger partial charge in [0.2, 0.25) is 5.91 Å². The van der Waals surface area contributed by atoms with E-state index in [1.807, 2.05) is 37.3 Å². The van der Waals surface area contributed by atoms with Gasteiger partial charge >= 0.3 is 0 Å². The molecule has 2 N–H and O–H groups in total. The summed E-state index contributed by atoms with van der Waals surface area (Å²) < 4.78 is 0. The number of rotatable bonds is 3. The van der Waals surface area contributed by atoms with Crippen molar-refractivity contribution in [2.24, 2.45) is 5.92 Å². The molecule has 1 saturated heterocycles. The smallest absolute Gasteiger partial charge is 0.224 e. The molecule has 4 heteroatoms. The van der Waals surface area contributed by atoms with Gasteiger partial charge in [-0.05, 0) is 50.9 Å². The maximum absolute atomic E-state index is 12.2. The summed E-state index contributed by atoms with van der Waals surface area (Å²) in [5.74, 6) is 0.591. The largest absolute Gasteiger partial charge is 0.324 e. The standard InChI is InChI=1S/C17H21N3O/c1-12-5-6-14-3-2-4-15(17(14)19-12)20-16(21)11-13-7-9-18-10-8-13/h2-6,13,18H,7-11H2,1H3,(H,20,21). The number of hydrogen-bond acceptors (Lipinski definition) is 3. The summed E-state index contributed by atoms with van der Waals surface area (Å²) in [7, 11) is 0. The number of hydrogen-bond donors (Lipinski definition) is 2. The number of nitrogens with zero attached hydrogens (tertiary/aromatic N) is 1. The van der Waals surface area contributed by atoms with Crippen molar-refractivity contribution in [2.75, 3.05) is 18.4 Å². The fraction of sp³-hybridized carbons (Fsp3) is 0.412. The monoisotopic (exact) mass is 283 g/mol. The molecule has 1 amide bonds. The zero-order chi connectivity index (χ0) is 14.7. The molecule has 3 rings (SSSR count). The first-order chi connectivity index (χ1) is 10.2. The van der Waals surface area contributed by atoms with Crippen molar-refractivity contribution in [1.29, 1.82) is 0 Å². The van der Waals surface area contributed by atoms with Gasteiger partial charge < -0.3 is 10.6 Å². The average Bonchev–Trinajstić information content (AvgIpc) is 2.49. The van der Waals surface area contributed by atoms with Crippen molar-refractivity contribution in [1.82, 2.24) is 10.3 Å². The van der Waals surface area contributed by atoms with E-state index in [-0.39, 0.29) is 5.91 Å². The minimum atomic E-state index is 0.0951. The lowest BCUT2D eigenvalue weighted by Gasteiger charge is -2.22. The van der Waals surface area contributed by atoms with Crippen LogP contribution in [0.5, 0.6) is 0 Å². The summed E-state index contributed by atoms with van der Waals surface area (Å²) in [6.45, 7) is 4.01. The lowest BCUT2D eigenvalue weighted by atomic mass is 9.94. The van der Waals surface area contributed by atoms with E-state index in [9.17, 15) is 4.79 Å². The molecule has 21 heavy (non-hydrogen) atoms. The molecule has 4 nitrogen and oxygen atoms in total. The number of aromatic nitrogens is 1. The van der Waals surface area contributed by atoms with E-state index in [1.54, 1.807) is 0 Å². The normalized spacial score (nSPS) is 16.0. The zero-order valence-electron chi connectivity index (χ0n) is 12.4. The molecule has 0 aliphatic carbocycles. The Hall–Kier alpha value is -1.94. The number of amides is 1. The van der Waals surface area contributed by atoms with E-state index in [4.69, 9.17) is 0 Å². The average molecular weight is 283 g/mol. The number of carbonyl (C=O) groups excluding carboxylic acids is 1. The van der Waals surface area contributed by atoms with E-state index in [1.165, 1.54) is 0 Å². The second-order valence-corrected chi connectivity index (χ2v) is 5.78. The van der Waals surface area contributed by atoms with Gasteiger partial charge in [-0.1, -0.05) is 18.2 Å². The van der Waals surface area contributed by atoms with E-state index in [2.05, 4.69) is 15.6 Å². The van der Waals surface area contributed by atoms with Gasteiger partial charge in [-0.3, -0.25) is 9.78 Å². The molecule has 0 spiro atoms. The molecule has 2 aromatic rings. The third-order valence-corrected chi connectivity index (χ3v) is 4.07. The van der Waals surface area contributed by atoms with Gasteiger partial charge in [0.1, 0.15) is 0 Å². The highest BCUT2D eigenvalue weighted by atomic mass is 16.1. The number of para-hydroxylation sites is 1.